The zero-order valence-corrected chi connectivity index (χ0v) is 11.7. The van der Waals surface area contributed by atoms with Crippen molar-refractivity contribution < 1.29 is 4.74 Å². The first-order valence-electron chi connectivity index (χ1n) is 7.38. The minimum absolute atomic E-state index is 0.0276. The Morgan fingerprint density at radius 3 is 2.05 bits per heavy atom. The standard InChI is InChI=1S/C18H21NO/c1-3-8-15(9-4-1)18(16-10-5-2-6-11-16)20-14-17-12-7-13-19-17/h1-6,8-11,17-19H,7,12-14H2. The van der Waals surface area contributed by atoms with Gasteiger partial charge in [-0.2, -0.15) is 0 Å². The van der Waals surface area contributed by atoms with Gasteiger partial charge in [0.15, 0.2) is 0 Å². The Hall–Kier alpha value is -1.64. The molecule has 20 heavy (non-hydrogen) atoms. The fourth-order valence-corrected chi connectivity index (χ4v) is 2.75. The molecule has 1 fully saturated rings. The Kier molecular flexibility index (Phi) is 4.46. The van der Waals surface area contributed by atoms with Crippen molar-refractivity contribution in [3.8, 4) is 0 Å². The number of hydrogen-bond acceptors (Lipinski definition) is 2. The van der Waals surface area contributed by atoms with Crippen molar-refractivity contribution in [1.82, 2.24) is 5.32 Å². The molecular formula is C18H21NO. The number of hydrogen-bond donors (Lipinski definition) is 1. The first-order valence-corrected chi connectivity index (χ1v) is 7.38. The molecule has 0 amide bonds. The Morgan fingerprint density at radius 2 is 1.55 bits per heavy atom. The molecule has 1 atom stereocenters. The first kappa shape index (κ1) is 13.3. The van der Waals surface area contributed by atoms with Crippen molar-refractivity contribution in [3.05, 3.63) is 71.8 Å². The number of ether oxygens (including phenoxy) is 1. The molecule has 0 bridgehead atoms. The fourth-order valence-electron chi connectivity index (χ4n) is 2.75. The summed E-state index contributed by atoms with van der Waals surface area (Å²) in [6.45, 7) is 1.89. The molecule has 2 aromatic carbocycles. The van der Waals surface area contributed by atoms with Gasteiger partial charge < -0.3 is 10.1 Å². The topological polar surface area (TPSA) is 21.3 Å². The third-order valence-corrected chi connectivity index (χ3v) is 3.83. The summed E-state index contributed by atoms with van der Waals surface area (Å²) in [5.41, 5.74) is 2.44. The average molecular weight is 267 g/mol. The van der Waals surface area contributed by atoms with Gasteiger partial charge in [-0.05, 0) is 30.5 Å². The summed E-state index contributed by atoms with van der Waals surface area (Å²) in [4.78, 5) is 0. The van der Waals surface area contributed by atoms with E-state index in [0.717, 1.165) is 13.2 Å². The van der Waals surface area contributed by atoms with Gasteiger partial charge in [-0.1, -0.05) is 60.7 Å². The normalized spacial score (nSPS) is 18.6. The summed E-state index contributed by atoms with van der Waals surface area (Å²) in [6.07, 6.45) is 2.51. The van der Waals surface area contributed by atoms with Gasteiger partial charge in [-0.3, -0.25) is 0 Å². The second kappa shape index (κ2) is 6.69. The molecule has 2 nitrogen and oxygen atoms in total. The third-order valence-electron chi connectivity index (χ3n) is 3.83. The molecule has 0 saturated carbocycles. The average Bonchev–Trinajstić information content (AvgIpc) is 3.03. The highest BCUT2D eigenvalue weighted by Crippen LogP contribution is 2.26. The largest absolute Gasteiger partial charge is 0.367 e. The SMILES string of the molecule is c1ccc(C(OCC2CCCN2)c2ccccc2)cc1. The van der Waals surface area contributed by atoms with E-state index in [-0.39, 0.29) is 6.10 Å². The Labute approximate surface area is 120 Å². The summed E-state index contributed by atoms with van der Waals surface area (Å²) < 4.78 is 6.24. The third kappa shape index (κ3) is 3.27. The van der Waals surface area contributed by atoms with Gasteiger partial charge in [-0.25, -0.2) is 0 Å². The monoisotopic (exact) mass is 267 g/mol. The summed E-state index contributed by atoms with van der Waals surface area (Å²) >= 11 is 0. The smallest absolute Gasteiger partial charge is 0.108 e. The second-order valence-corrected chi connectivity index (χ2v) is 5.33. The van der Waals surface area contributed by atoms with Gasteiger partial charge in [0.05, 0.1) is 6.61 Å². The van der Waals surface area contributed by atoms with E-state index in [1.165, 1.54) is 24.0 Å². The summed E-state index contributed by atoms with van der Waals surface area (Å²) in [5.74, 6) is 0. The zero-order valence-electron chi connectivity index (χ0n) is 11.7. The molecule has 0 radical (unpaired) electrons. The maximum absolute atomic E-state index is 6.24. The second-order valence-electron chi connectivity index (χ2n) is 5.33. The van der Waals surface area contributed by atoms with Crippen LogP contribution in [0.4, 0.5) is 0 Å². The minimum Gasteiger partial charge on any atom is -0.367 e. The minimum atomic E-state index is 0.0276. The molecule has 1 aliphatic rings. The van der Waals surface area contributed by atoms with Crippen LogP contribution < -0.4 is 5.32 Å². The highest BCUT2D eigenvalue weighted by Gasteiger charge is 2.19. The van der Waals surface area contributed by atoms with Crippen molar-refractivity contribution >= 4 is 0 Å². The van der Waals surface area contributed by atoms with Crippen molar-refractivity contribution in [2.45, 2.75) is 25.0 Å². The molecule has 2 heteroatoms. The van der Waals surface area contributed by atoms with E-state index in [1.807, 2.05) is 12.1 Å². The predicted octanol–water partition coefficient (Wildman–Crippen LogP) is 3.54. The lowest BCUT2D eigenvalue weighted by Crippen LogP contribution is -2.27. The van der Waals surface area contributed by atoms with Crippen LogP contribution in [-0.2, 0) is 4.74 Å². The molecule has 0 spiro atoms. The Morgan fingerprint density at radius 1 is 0.950 bits per heavy atom. The Balaban J connectivity index is 1.76. The highest BCUT2D eigenvalue weighted by molar-refractivity contribution is 5.29. The lowest BCUT2D eigenvalue weighted by atomic mass is 10.0. The molecular weight excluding hydrogens is 246 g/mol. The first-order chi connectivity index (χ1) is 9.93. The van der Waals surface area contributed by atoms with Crippen LogP contribution >= 0.6 is 0 Å². The van der Waals surface area contributed by atoms with Crippen LogP contribution in [0.25, 0.3) is 0 Å². The quantitative estimate of drug-likeness (QED) is 0.894. The molecule has 3 rings (SSSR count). The number of rotatable bonds is 5. The molecule has 0 aliphatic carbocycles. The molecule has 104 valence electrons. The molecule has 2 aromatic rings. The van der Waals surface area contributed by atoms with Crippen molar-refractivity contribution in [2.24, 2.45) is 0 Å². The van der Waals surface area contributed by atoms with E-state index in [4.69, 9.17) is 4.74 Å². The van der Waals surface area contributed by atoms with Gasteiger partial charge in [0.1, 0.15) is 6.10 Å². The van der Waals surface area contributed by atoms with E-state index in [9.17, 15) is 0 Å². The van der Waals surface area contributed by atoms with Crippen LogP contribution in [-0.4, -0.2) is 19.2 Å². The van der Waals surface area contributed by atoms with Crippen molar-refractivity contribution in [2.75, 3.05) is 13.2 Å². The maximum atomic E-state index is 6.24. The van der Waals surface area contributed by atoms with E-state index >= 15 is 0 Å². The van der Waals surface area contributed by atoms with Crippen LogP contribution in [0.1, 0.15) is 30.1 Å². The van der Waals surface area contributed by atoms with Gasteiger partial charge in [0.2, 0.25) is 0 Å². The summed E-state index contributed by atoms with van der Waals surface area (Å²) in [5, 5.41) is 3.49. The predicted molar refractivity (Wildman–Crippen MR) is 81.7 cm³/mol. The number of nitrogens with one attached hydrogen (secondary N) is 1. The summed E-state index contributed by atoms with van der Waals surface area (Å²) in [6, 6.07) is 21.4. The van der Waals surface area contributed by atoms with E-state index < -0.39 is 0 Å². The van der Waals surface area contributed by atoms with Gasteiger partial charge in [-0.15, -0.1) is 0 Å². The fraction of sp³-hybridized carbons (Fsp3) is 0.333. The molecule has 1 unspecified atom stereocenters. The molecule has 1 N–H and O–H groups in total. The molecule has 1 aliphatic heterocycles. The van der Waals surface area contributed by atoms with E-state index in [1.54, 1.807) is 0 Å². The molecule has 0 aromatic heterocycles. The van der Waals surface area contributed by atoms with Crippen LogP contribution in [0.3, 0.4) is 0 Å². The van der Waals surface area contributed by atoms with Gasteiger partial charge in [0, 0.05) is 6.04 Å². The highest BCUT2D eigenvalue weighted by atomic mass is 16.5. The van der Waals surface area contributed by atoms with Crippen molar-refractivity contribution in [1.29, 1.82) is 0 Å². The lowest BCUT2D eigenvalue weighted by Gasteiger charge is -2.21. The van der Waals surface area contributed by atoms with E-state index in [2.05, 4.69) is 53.8 Å². The van der Waals surface area contributed by atoms with Gasteiger partial charge in [0.25, 0.3) is 0 Å². The molecule has 1 saturated heterocycles. The van der Waals surface area contributed by atoms with Crippen LogP contribution in [0, 0.1) is 0 Å². The van der Waals surface area contributed by atoms with Crippen LogP contribution in [0.15, 0.2) is 60.7 Å². The Bertz CT molecular complexity index is 466. The zero-order chi connectivity index (χ0) is 13.6. The van der Waals surface area contributed by atoms with Gasteiger partial charge >= 0.3 is 0 Å². The summed E-state index contributed by atoms with van der Waals surface area (Å²) in [7, 11) is 0. The van der Waals surface area contributed by atoms with Crippen LogP contribution in [0.5, 0.6) is 0 Å². The molecule has 1 heterocycles. The number of benzene rings is 2. The lowest BCUT2D eigenvalue weighted by molar-refractivity contribution is 0.0659. The maximum Gasteiger partial charge on any atom is 0.108 e. The van der Waals surface area contributed by atoms with E-state index in [0.29, 0.717) is 6.04 Å². The van der Waals surface area contributed by atoms with Crippen molar-refractivity contribution in [3.63, 3.8) is 0 Å². The van der Waals surface area contributed by atoms with Crippen LogP contribution in [0.2, 0.25) is 0 Å².